The Hall–Kier alpha value is -2.27. The van der Waals surface area contributed by atoms with Gasteiger partial charge in [-0.15, -0.1) is 11.8 Å². The summed E-state index contributed by atoms with van der Waals surface area (Å²) in [5.74, 6) is 0.253. The topological polar surface area (TPSA) is 65.4 Å². The molecule has 1 aliphatic heterocycles. The first-order valence-corrected chi connectivity index (χ1v) is 12.9. The minimum Gasteiger partial charge on any atom is -0.490 e. The Morgan fingerprint density at radius 2 is 1.97 bits per heavy atom. The Morgan fingerprint density at radius 3 is 2.66 bits per heavy atom. The maximum absolute atomic E-state index is 12.9. The van der Waals surface area contributed by atoms with E-state index in [0.29, 0.717) is 30.9 Å². The number of hydrogen-bond donors (Lipinski definition) is 1. The van der Waals surface area contributed by atoms with Gasteiger partial charge in [0.05, 0.1) is 36.7 Å². The van der Waals surface area contributed by atoms with Crippen LogP contribution in [0.25, 0.3) is 5.69 Å². The zero-order valence-corrected chi connectivity index (χ0v) is 21.9. The van der Waals surface area contributed by atoms with Gasteiger partial charge in [0.25, 0.3) is 0 Å². The van der Waals surface area contributed by atoms with Gasteiger partial charge in [-0.25, -0.2) is 4.68 Å². The lowest BCUT2D eigenvalue weighted by Crippen LogP contribution is -2.31. The Labute approximate surface area is 212 Å². The molecule has 192 valence electrons. The molecule has 0 saturated carbocycles. The highest BCUT2D eigenvalue weighted by Gasteiger charge is 2.32. The zero-order valence-electron chi connectivity index (χ0n) is 20.3. The van der Waals surface area contributed by atoms with Crippen LogP contribution in [0.4, 0.5) is 13.2 Å². The minimum absolute atomic E-state index is 0.0751. The molecule has 0 fully saturated rings. The normalized spacial score (nSPS) is 16.6. The fraction of sp³-hybridized carbons (Fsp3) is 0.500. The predicted molar refractivity (Wildman–Crippen MR) is 133 cm³/mol. The number of nitrogens with one attached hydrogen (secondary N) is 1. The zero-order chi connectivity index (χ0) is 25.9. The van der Waals surface area contributed by atoms with Gasteiger partial charge in [0, 0.05) is 16.9 Å². The molecule has 0 amide bonds. The van der Waals surface area contributed by atoms with Gasteiger partial charge in [-0.05, 0) is 44.4 Å². The summed E-state index contributed by atoms with van der Waals surface area (Å²) in [6.07, 6.45) is -0.446. The maximum Gasteiger partial charge on any atom is 0.416 e. The van der Waals surface area contributed by atoms with Crippen LogP contribution in [0.5, 0.6) is 5.75 Å². The van der Waals surface area contributed by atoms with Crippen molar-refractivity contribution in [2.45, 2.75) is 68.7 Å². The number of aromatic nitrogens is 2. The second kappa shape index (κ2) is 10.8. The third kappa shape index (κ3) is 8.71. The molecule has 2 aromatic rings. The van der Waals surface area contributed by atoms with Gasteiger partial charge >= 0.3 is 12.1 Å². The van der Waals surface area contributed by atoms with E-state index in [1.807, 2.05) is 40.0 Å². The number of hydrogen-bond acceptors (Lipinski definition) is 7. The maximum atomic E-state index is 12.9. The van der Waals surface area contributed by atoms with Gasteiger partial charge in [0.15, 0.2) is 5.75 Å². The molecular weight excluding hydrogens is 499 g/mol. The third-order valence-electron chi connectivity index (χ3n) is 4.69. The molecule has 6 nitrogen and oxygen atoms in total. The van der Waals surface area contributed by atoms with Crippen LogP contribution in [0, 0.1) is 0 Å². The molecule has 0 saturated heterocycles. The Balaban J connectivity index is 1.44. The van der Waals surface area contributed by atoms with Crippen LogP contribution in [-0.2, 0) is 15.7 Å². The van der Waals surface area contributed by atoms with Crippen molar-refractivity contribution in [2.24, 2.45) is 0 Å². The van der Waals surface area contributed by atoms with Gasteiger partial charge in [-0.1, -0.05) is 31.7 Å². The summed E-state index contributed by atoms with van der Waals surface area (Å²) in [5, 5.41) is 9.58. The fourth-order valence-corrected chi connectivity index (χ4v) is 6.09. The number of esters is 1. The standard InChI is InChI=1S/C24H30F3N3O3S2/c1-22(2,3)33-20(31)12-23(4,5)35-21-29-17(15-34-21)9-10-32-19-13-28-30(14-19)18-8-6-7-16(11-18)24(25,26)27/h6-8,11,13-15,21,29H,9-10,12H2,1-5H3. The second-order valence-corrected chi connectivity index (χ2v) is 12.8. The van der Waals surface area contributed by atoms with Gasteiger partial charge in [0.1, 0.15) is 10.3 Å². The molecular formula is C24H30F3N3O3S2. The highest BCUT2D eigenvalue weighted by Crippen LogP contribution is 2.40. The van der Waals surface area contributed by atoms with Crippen LogP contribution < -0.4 is 10.1 Å². The third-order valence-corrected chi connectivity index (χ3v) is 7.21. The van der Waals surface area contributed by atoms with Gasteiger partial charge in [-0.2, -0.15) is 18.3 Å². The van der Waals surface area contributed by atoms with Crippen LogP contribution in [0.2, 0.25) is 0 Å². The summed E-state index contributed by atoms with van der Waals surface area (Å²) >= 11 is 3.31. The SMILES string of the molecule is CC(C)(C)OC(=O)CC(C)(C)SC1NC(CCOc2cnn(-c3cccc(C(F)(F)F)c3)c2)=CS1. The number of carbonyl (C=O) groups is 1. The number of benzene rings is 1. The number of alkyl halides is 3. The summed E-state index contributed by atoms with van der Waals surface area (Å²) in [6, 6.07) is 4.97. The average molecular weight is 530 g/mol. The Morgan fingerprint density at radius 1 is 1.23 bits per heavy atom. The van der Waals surface area contributed by atoms with E-state index in [9.17, 15) is 18.0 Å². The fourth-order valence-electron chi connectivity index (χ4n) is 3.23. The van der Waals surface area contributed by atoms with E-state index in [1.54, 1.807) is 35.8 Å². The first-order chi connectivity index (χ1) is 16.2. The molecule has 35 heavy (non-hydrogen) atoms. The molecule has 1 aromatic heterocycles. The van der Waals surface area contributed by atoms with E-state index in [1.165, 1.54) is 16.9 Å². The number of carbonyl (C=O) groups excluding carboxylic acids is 1. The minimum atomic E-state index is -4.41. The van der Waals surface area contributed by atoms with E-state index in [2.05, 4.69) is 10.4 Å². The molecule has 1 aromatic carbocycles. The van der Waals surface area contributed by atoms with E-state index in [4.69, 9.17) is 9.47 Å². The van der Waals surface area contributed by atoms with Crippen molar-refractivity contribution in [3.63, 3.8) is 0 Å². The predicted octanol–water partition coefficient (Wildman–Crippen LogP) is 6.37. The molecule has 0 spiro atoms. The molecule has 1 N–H and O–H groups in total. The van der Waals surface area contributed by atoms with Crippen LogP contribution in [0.15, 0.2) is 47.8 Å². The van der Waals surface area contributed by atoms with Crippen molar-refractivity contribution in [1.29, 1.82) is 0 Å². The quantitative estimate of drug-likeness (QED) is 0.379. The number of nitrogens with zero attached hydrogens (tertiary/aromatic N) is 2. The Bertz CT molecular complexity index is 1060. The Kier molecular flexibility index (Phi) is 8.41. The monoisotopic (exact) mass is 529 g/mol. The summed E-state index contributed by atoms with van der Waals surface area (Å²) in [5.41, 5.74) is 0.0913. The molecule has 2 heterocycles. The number of rotatable bonds is 9. The highest BCUT2D eigenvalue weighted by molar-refractivity contribution is 8.19. The lowest BCUT2D eigenvalue weighted by molar-refractivity contribution is -0.155. The van der Waals surface area contributed by atoms with E-state index < -0.39 is 17.3 Å². The smallest absolute Gasteiger partial charge is 0.416 e. The number of thioether (sulfide) groups is 2. The van der Waals surface area contributed by atoms with Crippen molar-refractivity contribution in [3.05, 3.63) is 53.3 Å². The number of ether oxygens (including phenoxy) is 2. The molecule has 1 aliphatic rings. The number of halogens is 3. The highest BCUT2D eigenvalue weighted by atomic mass is 32.2. The van der Waals surface area contributed by atoms with Crippen LogP contribution in [-0.4, -0.2) is 37.4 Å². The molecule has 11 heteroatoms. The average Bonchev–Trinajstić information content (AvgIpc) is 3.35. The first kappa shape index (κ1) is 27.3. The van der Waals surface area contributed by atoms with E-state index in [0.717, 1.165) is 17.8 Å². The van der Waals surface area contributed by atoms with Crippen LogP contribution in [0.3, 0.4) is 0 Å². The summed E-state index contributed by atoms with van der Waals surface area (Å²) in [4.78, 5) is 12.2. The largest absolute Gasteiger partial charge is 0.490 e. The molecule has 3 rings (SSSR count). The van der Waals surface area contributed by atoms with E-state index in [-0.39, 0.29) is 15.4 Å². The molecule has 1 unspecified atom stereocenters. The molecule has 0 radical (unpaired) electrons. The van der Waals surface area contributed by atoms with Crippen molar-refractivity contribution in [3.8, 4) is 11.4 Å². The summed E-state index contributed by atoms with van der Waals surface area (Å²) in [7, 11) is 0. The molecule has 0 aliphatic carbocycles. The second-order valence-electron chi connectivity index (χ2n) is 9.66. The lowest BCUT2D eigenvalue weighted by atomic mass is 10.1. The summed E-state index contributed by atoms with van der Waals surface area (Å²) in [6.45, 7) is 9.99. The molecule has 1 atom stereocenters. The van der Waals surface area contributed by atoms with Crippen molar-refractivity contribution in [1.82, 2.24) is 15.1 Å². The first-order valence-electron chi connectivity index (χ1n) is 11.1. The van der Waals surface area contributed by atoms with Gasteiger partial charge < -0.3 is 14.8 Å². The van der Waals surface area contributed by atoms with Gasteiger partial charge in [0.2, 0.25) is 0 Å². The lowest BCUT2D eigenvalue weighted by Gasteiger charge is -2.28. The van der Waals surface area contributed by atoms with Crippen LogP contribution in [0.1, 0.15) is 53.0 Å². The van der Waals surface area contributed by atoms with E-state index >= 15 is 0 Å². The van der Waals surface area contributed by atoms with Crippen LogP contribution >= 0.6 is 23.5 Å². The van der Waals surface area contributed by atoms with Crippen molar-refractivity contribution in [2.75, 3.05) is 6.61 Å². The molecule has 0 bridgehead atoms. The van der Waals surface area contributed by atoms with Crippen molar-refractivity contribution < 1.29 is 27.4 Å². The van der Waals surface area contributed by atoms with Gasteiger partial charge in [-0.3, -0.25) is 4.79 Å². The van der Waals surface area contributed by atoms with Crippen molar-refractivity contribution >= 4 is 29.5 Å². The summed E-state index contributed by atoms with van der Waals surface area (Å²) < 4.78 is 51.1.